The fraction of sp³-hybridized carbons (Fsp3) is 0.100. The van der Waals surface area contributed by atoms with E-state index in [1.165, 1.54) is 18.3 Å². The lowest BCUT2D eigenvalue weighted by Gasteiger charge is -2.12. The molecule has 0 aliphatic heterocycles. The van der Waals surface area contributed by atoms with Crippen LogP contribution in [0.4, 0.5) is 5.69 Å². The van der Waals surface area contributed by atoms with E-state index < -0.39 is 0 Å². The number of anilines is 1. The van der Waals surface area contributed by atoms with E-state index in [4.69, 9.17) is 5.73 Å². The average Bonchev–Trinajstić information content (AvgIpc) is 2.94. The zero-order valence-electron chi connectivity index (χ0n) is 13.9. The van der Waals surface area contributed by atoms with Crippen LogP contribution in [0.5, 0.6) is 0 Å². The Kier molecular flexibility index (Phi) is 3.47. The molecule has 0 atom stereocenters. The van der Waals surface area contributed by atoms with Crippen LogP contribution in [-0.2, 0) is 0 Å². The van der Waals surface area contributed by atoms with Gasteiger partial charge in [0.15, 0.2) is 5.78 Å². The summed E-state index contributed by atoms with van der Waals surface area (Å²) in [6.45, 7) is 3.46. The minimum Gasteiger partial charge on any atom is -0.397 e. The number of aryl methyl sites for hydroxylation is 1. The normalized spacial score (nSPS) is 11.3. The molecule has 4 nitrogen and oxygen atoms in total. The highest BCUT2D eigenvalue weighted by molar-refractivity contribution is 7.21. The molecule has 2 N–H and O–H groups in total. The van der Waals surface area contributed by atoms with Crippen molar-refractivity contribution in [2.24, 2.45) is 0 Å². The molecule has 0 spiro atoms. The van der Waals surface area contributed by atoms with Crippen molar-refractivity contribution in [3.8, 4) is 5.69 Å². The fourth-order valence-corrected chi connectivity index (χ4v) is 4.39. The number of Topliss-reactive ketones (excluding diaryl/α,β-unsaturated/α-hetero) is 1. The molecule has 25 heavy (non-hydrogen) atoms. The third-order valence-corrected chi connectivity index (χ3v) is 5.73. The Bertz CT molecular complexity index is 1220. The van der Waals surface area contributed by atoms with Crippen molar-refractivity contribution in [3.05, 3.63) is 69.3 Å². The molecule has 0 saturated heterocycles. The maximum Gasteiger partial charge on any atom is 0.264 e. The Morgan fingerprint density at radius 2 is 1.68 bits per heavy atom. The molecule has 0 aliphatic carbocycles. The quantitative estimate of drug-likeness (QED) is 0.549. The molecule has 0 bridgehead atoms. The zero-order chi connectivity index (χ0) is 17.7. The fourth-order valence-electron chi connectivity index (χ4n) is 3.24. The number of pyridine rings is 1. The van der Waals surface area contributed by atoms with Gasteiger partial charge in [0.25, 0.3) is 5.56 Å². The van der Waals surface area contributed by atoms with Crippen molar-refractivity contribution in [1.82, 2.24) is 4.57 Å². The van der Waals surface area contributed by atoms with Crippen LogP contribution in [0.3, 0.4) is 0 Å². The summed E-state index contributed by atoms with van der Waals surface area (Å²) < 4.78 is 1.68. The Hall–Kier alpha value is -2.92. The van der Waals surface area contributed by atoms with E-state index in [0.717, 1.165) is 22.0 Å². The van der Waals surface area contributed by atoms with E-state index in [1.54, 1.807) is 10.6 Å². The predicted molar refractivity (Wildman–Crippen MR) is 104 cm³/mol. The molecule has 0 fully saturated rings. The number of rotatable bonds is 2. The van der Waals surface area contributed by atoms with E-state index in [-0.39, 0.29) is 11.3 Å². The number of carbonyl (C=O) groups excluding carboxylic acids is 1. The van der Waals surface area contributed by atoms with Crippen LogP contribution < -0.4 is 11.3 Å². The Morgan fingerprint density at radius 1 is 1.04 bits per heavy atom. The average molecular weight is 348 g/mol. The van der Waals surface area contributed by atoms with Crippen LogP contribution >= 0.6 is 11.3 Å². The minimum atomic E-state index is -0.103. The number of ketones is 1. The largest absolute Gasteiger partial charge is 0.397 e. The Morgan fingerprint density at radius 3 is 2.36 bits per heavy atom. The van der Waals surface area contributed by atoms with Gasteiger partial charge in [-0.1, -0.05) is 36.4 Å². The van der Waals surface area contributed by atoms with Crippen LogP contribution in [0.15, 0.2) is 53.3 Å². The molecule has 4 aromatic rings. The van der Waals surface area contributed by atoms with Crippen LogP contribution in [0.25, 0.3) is 26.7 Å². The molecule has 4 rings (SSSR count). The zero-order valence-corrected chi connectivity index (χ0v) is 14.7. The van der Waals surface area contributed by atoms with E-state index in [1.807, 2.05) is 49.4 Å². The monoisotopic (exact) mass is 348 g/mol. The van der Waals surface area contributed by atoms with Gasteiger partial charge in [0.2, 0.25) is 0 Å². The highest BCUT2D eigenvalue weighted by Gasteiger charge is 2.21. The second-order valence-electron chi connectivity index (χ2n) is 6.05. The van der Waals surface area contributed by atoms with Gasteiger partial charge in [-0.05, 0) is 30.0 Å². The Balaban J connectivity index is 2.31. The number of aromatic nitrogens is 1. The third-order valence-electron chi connectivity index (χ3n) is 4.44. The Labute approximate surface area is 148 Å². The van der Waals surface area contributed by atoms with E-state index >= 15 is 0 Å². The summed E-state index contributed by atoms with van der Waals surface area (Å²) in [4.78, 5) is 26.4. The standard InChI is InChI=1S/C20H16N2O2S/c1-11-7-3-6-10-15(11)22-19(24)14-9-5-4-8-13(14)16-17(21)18(12(2)23)25-20(16)22/h3-10H,21H2,1-2H3. The minimum absolute atomic E-state index is 0.0911. The first-order valence-corrected chi connectivity index (χ1v) is 8.75. The van der Waals surface area contributed by atoms with Crippen molar-refractivity contribution in [1.29, 1.82) is 0 Å². The second kappa shape index (κ2) is 5.57. The maximum atomic E-state index is 13.2. The third kappa shape index (κ3) is 2.20. The molecule has 0 radical (unpaired) electrons. The molecule has 2 heterocycles. The van der Waals surface area contributed by atoms with Crippen molar-refractivity contribution < 1.29 is 4.79 Å². The van der Waals surface area contributed by atoms with E-state index in [9.17, 15) is 9.59 Å². The van der Waals surface area contributed by atoms with Gasteiger partial charge in [-0.3, -0.25) is 14.2 Å². The SMILES string of the molecule is CC(=O)c1sc2c(c1N)c1ccccc1c(=O)n2-c1ccccc1C. The molecular weight excluding hydrogens is 332 g/mol. The molecule has 2 aromatic carbocycles. The van der Waals surface area contributed by atoms with E-state index in [0.29, 0.717) is 20.8 Å². The predicted octanol–water partition coefficient (Wildman–Crippen LogP) is 4.30. The first kappa shape index (κ1) is 15.6. The van der Waals surface area contributed by atoms with Crippen LogP contribution in [-0.4, -0.2) is 10.4 Å². The summed E-state index contributed by atoms with van der Waals surface area (Å²) in [5, 5.41) is 2.15. The van der Waals surface area contributed by atoms with Crippen LogP contribution in [0.2, 0.25) is 0 Å². The number of hydrogen-bond donors (Lipinski definition) is 1. The van der Waals surface area contributed by atoms with E-state index in [2.05, 4.69) is 0 Å². The molecule has 0 unspecified atom stereocenters. The summed E-state index contributed by atoms with van der Waals surface area (Å²) in [6, 6.07) is 15.1. The smallest absolute Gasteiger partial charge is 0.264 e. The molecular formula is C20H16N2O2S. The topological polar surface area (TPSA) is 65.1 Å². The molecule has 0 amide bonds. The van der Waals surface area contributed by atoms with Crippen LogP contribution in [0, 0.1) is 6.92 Å². The summed E-state index contributed by atoms with van der Waals surface area (Å²) in [5.41, 5.74) is 8.45. The lowest BCUT2D eigenvalue weighted by atomic mass is 10.1. The van der Waals surface area contributed by atoms with Crippen molar-refractivity contribution in [3.63, 3.8) is 0 Å². The van der Waals surface area contributed by atoms with Crippen molar-refractivity contribution in [2.45, 2.75) is 13.8 Å². The second-order valence-corrected chi connectivity index (χ2v) is 7.05. The lowest BCUT2D eigenvalue weighted by Crippen LogP contribution is -2.19. The summed E-state index contributed by atoms with van der Waals surface area (Å²) in [6.07, 6.45) is 0. The highest BCUT2D eigenvalue weighted by Crippen LogP contribution is 2.38. The number of para-hydroxylation sites is 1. The van der Waals surface area contributed by atoms with Gasteiger partial charge in [-0.25, -0.2) is 0 Å². The van der Waals surface area contributed by atoms with Gasteiger partial charge in [0, 0.05) is 17.7 Å². The van der Waals surface area contributed by atoms with Gasteiger partial charge >= 0.3 is 0 Å². The number of nitrogens with zero attached hydrogens (tertiary/aromatic N) is 1. The number of benzene rings is 2. The van der Waals surface area contributed by atoms with Gasteiger partial charge in [0.1, 0.15) is 4.83 Å². The highest BCUT2D eigenvalue weighted by atomic mass is 32.1. The molecule has 2 aromatic heterocycles. The molecule has 5 heteroatoms. The number of carbonyl (C=O) groups is 1. The van der Waals surface area contributed by atoms with Crippen molar-refractivity contribution in [2.75, 3.05) is 5.73 Å². The summed E-state index contributed by atoms with van der Waals surface area (Å²) >= 11 is 1.28. The first-order chi connectivity index (χ1) is 12.0. The number of nitrogen functional groups attached to an aromatic ring is 1. The number of thiophene rings is 1. The first-order valence-electron chi connectivity index (χ1n) is 7.93. The van der Waals surface area contributed by atoms with Gasteiger partial charge < -0.3 is 5.73 Å². The van der Waals surface area contributed by atoms with Crippen LogP contribution in [0.1, 0.15) is 22.2 Å². The number of hydrogen-bond acceptors (Lipinski definition) is 4. The summed E-state index contributed by atoms with van der Waals surface area (Å²) in [5.74, 6) is -0.0911. The van der Waals surface area contributed by atoms with Gasteiger partial charge in [-0.2, -0.15) is 0 Å². The van der Waals surface area contributed by atoms with Crippen molar-refractivity contribution >= 4 is 43.8 Å². The maximum absolute atomic E-state index is 13.2. The number of nitrogens with two attached hydrogens (primary N) is 1. The lowest BCUT2D eigenvalue weighted by molar-refractivity contribution is 0.102. The number of fused-ring (bicyclic) bond motifs is 3. The van der Waals surface area contributed by atoms with Gasteiger partial charge in [0.05, 0.1) is 16.3 Å². The molecule has 0 saturated carbocycles. The molecule has 0 aliphatic rings. The molecule has 124 valence electrons. The van der Waals surface area contributed by atoms with Gasteiger partial charge in [-0.15, -0.1) is 11.3 Å². The summed E-state index contributed by atoms with van der Waals surface area (Å²) in [7, 11) is 0.